The summed E-state index contributed by atoms with van der Waals surface area (Å²) in [4.78, 5) is 29.7. The molecular formula is C20H21F3N4O3. The smallest absolute Gasteiger partial charge is 0.416 e. The number of hydrogen-bond acceptors (Lipinski definition) is 5. The van der Waals surface area contributed by atoms with Gasteiger partial charge in [-0.3, -0.25) is 9.59 Å². The Morgan fingerprint density at radius 1 is 1.20 bits per heavy atom. The van der Waals surface area contributed by atoms with Gasteiger partial charge in [0.25, 0.3) is 5.91 Å². The Bertz CT molecular complexity index is 886. The van der Waals surface area contributed by atoms with E-state index in [2.05, 4.69) is 10.3 Å². The molecule has 1 aromatic heterocycles. The quantitative estimate of drug-likeness (QED) is 0.746. The molecule has 3 rings (SSSR count). The molecule has 0 saturated carbocycles. The molecule has 2 amide bonds. The van der Waals surface area contributed by atoms with Crippen molar-refractivity contribution in [3.63, 3.8) is 0 Å². The van der Waals surface area contributed by atoms with E-state index in [4.69, 9.17) is 10.5 Å². The number of hydrogen-bond donors (Lipinski definition) is 2. The van der Waals surface area contributed by atoms with Crippen LogP contribution in [-0.2, 0) is 15.8 Å². The number of carbonyl (C=O) groups is 2. The maximum Gasteiger partial charge on any atom is 0.416 e. The van der Waals surface area contributed by atoms with Crippen LogP contribution in [0, 0.1) is 5.92 Å². The van der Waals surface area contributed by atoms with Gasteiger partial charge in [-0.2, -0.15) is 13.2 Å². The van der Waals surface area contributed by atoms with E-state index in [1.165, 1.54) is 6.20 Å². The van der Waals surface area contributed by atoms with Crippen LogP contribution in [0.15, 0.2) is 42.6 Å². The van der Waals surface area contributed by atoms with Gasteiger partial charge in [-0.1, -0.05) is 0 Å². The molecule has 1 aliphatic heterocycles. The van der Waals surface area contributed by atoms with Crippen LogP contribution in [-0.4, -0.2) is 36.5 Å². The largest absolute Gasteiger partial charge is 0.484 e. The summed E-state index contributed by atoms with van der Waals surface area (Å²) in [5, 5.41) is 2.61. The fourth-order valence-electron chi connectivity index (χ4n) is 3.15. The highest BCUT2D eigenvalue weighted by Gasteiger charge is 2.30. The minimum Gasteiger partial charge on any atom is -0.484 e. The SMILES string of the molecule is NC(=O)C1CCCN(c2ccc(NC(=O)COc3ccc(C(F)(F)F)cc3)cn2)C1. The van der Waals surface area contributed by atoms with E-state index in [9.17, 15) is 22.8 Å². The molecule has 1 saturated heterocycles. The van der Waals surface area contributed by atoms with Crippen molar-refractivity contribution >= 4 is 23.3 Å². The van der Waals surface area contributed by atoms with Gasteiger partial charge in [0.05, 0.1) is 23.4 Å². The van der Waals surface area contributed by atoms with Crippen LogP contribution in [0.5, 0.6) is 5.75 Å². The van der Waals surface area contributed by atoms with Crippen molar-refractivity contribution in [1.29, 1.82) is 0 Å². The average molecular weight is 422 g/mol. The van der Waals surface area contributed by atoms with Crippen LogP contribution >= 0.6 is 0 Å². The van der Waals surface area contributed by atoms with Crippen molar-refractivity contribution in [3.8, 4) is 5.75 Å². The molecule has 1 aliphatic rings. The topological polar surface area (TPSA) is 97.6 Å². The Kier molecular flexibility index (Phi) is 6.43. The minimum atomic E-state index is -4.43. The van der Waals surface area contributed by atoms with Crippen molar-refractivity contribution < 1.29 is 27.5 Å². The second-order valence-electron chi connectivity index (χ2n) is 6.95. The predicted octanol–water partition coefficient (Wildman–Crippen LogP) is 2.82. The number of rotatable bonds is 6. The summed E-state index contributed by atoms with van der Waals surface area (Å²) in [5.74, 6) is -0.171. The zero-order valence-electron chi connectivity index (χ0n) is 16.0. The van der Waals surface area contributed by atoms with E-state index < -0.39 is 17.6 Å². The Labute approximate surface area is 171 Å². The number of primary amides is 1. The molecule has 0 aliphatic carbocycles. The van der Waals surface area contributed by atoms with Gasteiger partial charge in [-0.25, -0.2) is 4.98 Å². The summed E-state index contributed by atoms with van der Waals surface area (Å²) in [6, 6.07) is 7.50. The summed E-state index contributed by atoms with van der Waals surface area (Å²) in [6.45, 7) is 0.915. The lowest BCUT2D eigenvalue weighted by Gasteiger charge is -2.32. The highest BCUT2D eigenvalue weighted by Crippen LogP contribution is 2.30. The lowest BCUT2D eigenvalue weighted by molar-refractivity contribution is -0.137. The number of amides is 2. The van der Waals surface area contributed by atoms with Crippen LogP contribution in [0.2, 0.25) is 0 Å². The number of halogens is 3. The summed E-state index contributed by atoms with van der Waals surface area (Å²) in [5.41, 5.74) is 5.04. The molecule has 2 heterocycles. The van der Waals surface area contributed by atoms with E-state index in [0.29, 0.717) is 18.1 Å². The van der Waals surface area contributed by atoms with Crippen LogP contribution in [0.25, 0.3) is 0 Å². The standard InChI is InChI=1S/C20H21F3N4O3/c21-20(22,23)14-3-6-16(7-4-14)30-12-18(28)26-15-5-8-17(25-10-15)27-9-1-2-13(11-27)19(24)29/h3-8,10,13H,1-2,9,11-12H2,(H2,24,29)(H,26,28). The number of carbonyl (C=O) groups excluding carboxylic acids is 2. The predicted molar refractivity (Wildman–Crippen MR) is 104 cm³/mol. The number of ether oxygens (including phenoxy) is 1. The second-order valence-corrected chi connectivity index (χ2v) is 6.95. The molecule has 0 bridgehead atoms. The molecule has 1 fully saturated rings. The Balaban J connectivity index is 1.50. The minimum absolute atomic E-state index is 0.153. The monoisotopic (exact) mass is 422 g/mol. The highest BCUT2D eigenvalue weighted by molar-refractivity contribution is 5.91. The molecule has 1 unspecified atom stereocenters. The molecular weight excluding hydrogens is 401 g/mol. The van der Waals surface area contributed by atoms with Crippen LogP contribution < -0.4 is 20.7 Å². The summed E-state index contributed by atoms with van der Waals surface area (Å²) >= 11 is 0. The van der Waals surface area contributed by atoms with Gasteiger partial charge in [0, 0.05) is 13.1 Å². The first-order valence-corrected chi connectivity index (χ1v) is 9.32. The molecule has 1 atom stereocenters. The lowest BCUT2D eigenvalue weighted by Crippen LogP contribution is -2.41. The van der Waals surface area contributed by atoms with E-state index in [0.717, 1.165) is 43.7 Å². The van der Waals surface area contributed by atoms with E-state index in [-0.39, 0.29) is 24.2 Å². The number of nitrogens with one attached hydrogen (secondary N) is 1. The first-order chi connectivity index (χ1) is 14.2. The third kappa shape index (κ3) is 5.62. The van der Waals surface area contributed by atoms with Crippen molar-refractivity contribution in [1.82, 2.24) is 4.98 Å². The molecule has 1 aromatic carbocycles. The third-order valence-corrected chi connectivity index (χ3v) is 4.73. The second kappa shape index (κ2) is 9.02. The number of alkyl halides is 3. The van der Waals surface area contributed by atoms with Gasteiger partial charge in [0.15, 0.2) is 6.61 Å². The maximum atomic E-state index is 12.5. The fraction of sp³-hybridized carbons (Fsp3) is 0.350. The zero-order chi connectivity index (χ0) is 21.7. The number of anilines is 2. The number of nitrogens with zero attached hydrogens (tertiary/aromatic N) is 2. The fourth-order valence-corrected chi connectivity index (χ4v) is 3.15. The molecule has 160 valence electrons. The molecule has 10 heteroatoms. The van der Waals surface area contributed by atoms with E-state index in [1.54, 1.807) is 12.1 Å². The van der Waals surface area contributed by atoms with Gasteiger partial charge < -0.3 is 20.7 Å². The molecule has 30 heavy (non-hydrogen) atoms. The lowest BCUT2D eigenvalue weighted by atomic mass is 9.97. The van der Waals surface area contributed by atoms with E-state index in [1.807, 2.05) is 4.90 Å². The number of nitrogens with two attached hydrogens (primary N) is 1. The normalized spacial score (nSPS) is 16.8. The van der Waals surface area contributed by atoms with Crippen LogP contribution in [0.1, 0.15) is 18.4 Å². The van der Waals surface area contributed by atoms with Gasteiger partial charge >= 0.3 is 6.18 Å². The van der Waals surface area contributed by atoms with E-state index >= 15 is 0 Å². The number of benzene rings is 1. The van der Waals surface area contributed by atoms with Crippen molar-refractivity contribution in [2.24, 2.45) is 11.7 Å². The summed E-state index contributed by atoms with van der Waals surface area (Å²) in [6.07, 6.45) is -1.34. The third-order valence-electron chi connectivity index (χ3n) is 4.73. The van der Waals surface area contributed by atoms with Crippen molar-refractivity contribution in [2.75, 3.05) is 29.9 Å². The molecule has 2 aromatic rings. The van der Waals surface area contributed by atoms with Crippen LogP contribution in [0.3, 0.4) is 0 Å². The van der Waals surface area contributed by atoms with Crippen molar-refractivity contribution in [3.05, 3.63) is 48.2 Å². The summed E-state index contributed by atoms with van der Waals surface area (Å²) in [7, 11) is 0. The Morgan fingerprint density at radius 2 is 1.93 bits per heavy atom. The molecule has 0 spiro atoms. The average Bonchev–Trinajstić information content (AvgIpc) is 2.72. The summed E-state index contributed by atoms with van der Waals surface area (Å²) < 4.78 is 42.8. The first kappa shape index (κ1) is 21.4. The highest BCUT2D eigenvalue weighted by atomic mass is 19.4. The maximum absolute atomic E-state index is 12.5. The van der Waals surface area contributed by atoms with Gasteiger partial charge in [-0.05, 0) is 49.2 Å². The number of piperidine rings is 1. The van der Waals surface area contributed by atoms with Crippen molar-refractivity contribution in [2.45, 2.75) is 19.0 Å². The Hall–Kier alpha value is -3.30. The number of aromatic nitrogens is 1. The van der Waals surface area contributed by atoms with Gasteiger partial charge in [0.1, 0.15) is 11.6 Å². The van der Waals surface area contributed by atoms with Crippen LogP contribution in [0.4, 0.5) is 24.7 Å². The zero-order valence-corrected chi connectivity index (χ0v) is 16.0. The molecule has 0 radical (unpaired) electrons. The Morgan fingerprint density at radius 3 is 2.53 bits per heavy atom. The molecule has 7 nitrogen and oxygen atoms in total. The first-order valence-electron chi connectivity index (χ1n) is 9.32. The molecule has 3 N–H and O–H groups in total. The van der Waals surface area contributed by atoms with Gasteiger partial charge in [0.2, 0.25) is 5.91 Å². The number of pyridine rings is 1. The van der Waals surface area contributed by atoms with Gasteiger partial charge in [-0.15, -0.1) is 0 Å².